The van der Waals surface area contributed by atoms with Crippen LogP contribution < -0.4 is 0 Å². The summed E-state index contributed by atoms with van der Waals surface area (Å²) in [4.78, 5) is 22.2. The molecule has 1 amide bonds. The van der Waals surface area contributed by atoms with E-state index in [0.717, 1.165) is 24.1 Å². The van der Waals surface area contributed by atoms with Gasteiger partial charge in [-0.25, -0.2) is 4.98 Å². The van der Waals surface area contributed by atoms with Crippen LogP contribution in [-0.4, -0.2) is 33.9 Å². The van der Waals surface area contributed by atoms with Crippen LogP contribution in [0.3, 0.4) is 0 Å². The highest BCUT2D eigenvalue weighted by Crippen LogP contribution is 2.45. The standard InChI is InChI=1S/C16H19N3O/c20-15(14-17-12-5-1-2-6-13(12)18-14)19-10-9-16(11-19)7-3-4-8-16/h1-2,5-6H,3-4,7-11H2,(H,17,18). The first-order chi connectivity index (χ1) is 9.76. The highest BCUT2D eigenvalue weighted by atomic mass is 16.2. The number of aromatic amines is 1. The average molecular weight is 269 g/mol. The number of amides is 1. The van der Waals surface area contributed by atoms with E-state index in [4.69, 9.17) is 0 Å². The Labute approximate surface area is 118 Å². The number of imidazole rings is 1. The van der Waals surface area contributed by atoms with E-state index < -0.39 is 0 Å². The molecule has 4 heteroatoms. The van der Waals surface area contributed by atoms with Crippen molar-refractivity contribution >= 4 is 16.9 Å². The quantitative estimate of drug-likeness (QED) is 0.865. The number of para-hydroxylation sites is 2. The first-order valence-electron chi connectivity index (χ1n) is 7.50. The molecule has 104 valence electrons. The third-order valence-electron chi connectivity index (χ3n) is 4.98. The summed E-state index contributed by atoms with van der Waals surface area (Å²) in [5.74, 6) is 0.547. The lowest BCUT2D eigenvalue weighted by atomic mass is 9.86. The van der Waals surface area contributed by atoms with E-state index >= 15 is 0 Å². The van der Waals surface area contributed by atoms with E-state index in [9.17, 15) is 4.79 Å². The van der Waals surface area contributed by atoms with Crippen molar-refractivity contribution in [2.45, 2.75) is 32.1 Å². The molecule has 1 aliphatic heterocycles. The monoisotopic (exact) mass is 269 g/mol. The minimum Gasteiger partial charge on any atom is -0.335 e. The maximum Gasteiger partial charge on any atom is 0.289 e. The van der Waals surface area contributed by atoms with E-state index in [2.05, 4.69) is 9.97 Å². The number of benzene rings is 1. The third kappa shape index (κ3) is 1.82. The minimum atomic E-state index is 0.0602. The predicted molar refractivity (Wildman–Crippen MR) is 77.5 cm³/mol. The number of nitrogens with zero attached hydrogens (tertiary/aromatic N) is 2. The number of nitrogens with one attached hydrogen (secondary N) is 1. The molecule has 1 aromatic heterocycles. The highest BCUT2D eigenvalue weighted by molar-refractivity contribution is 5.94. The maximum absolute atomic E-state index is 12.6. The van der Waals surface area contributed by atoms with Gasteiger partial charge in [-0.05, 0) is 36.8 Å². The summed E-state index contributed by atoms with van der Waals surface area (Å²) in [5.41, 5.74) is 2.22. The molecule has 4 rings (SSSR count). The van der Waals surface area contributed by atoms with E-state index in [1.807, 2.05) is 29.2 Å². The molecule has 0 atom stereocenters. The Hall–Kier alpha value is -1.84. The summed E-state index contributed by atoms with van der Waals surface area (Å²) < 4.78 is 0. The van der Waals surface area contributed by atoms with Crippen LogP contribution in [0.25, 0.3) is 11.0 Å². The zero-order valence-electron chi connectivity index (χ0n) is 11.6. The van der Waals surface area contributed by atoms with Gasteiger partial charge in [0.1, 0.15) is 0 Å². The molecule has 0 radical (unpaired) electrons. The Morgan fingerprint density at radius 1 is 1.20 bits per heavy atom. The second kappa shape index (κ2) is 4.33. The van der Waals surface area contributed by atoms with Gasteiger partial charge in [-0.2, -0.15) is 0 Å². The number of fused-ring (bicyclic) bond motifs is 1. The van der Waals surface area contributed by atoms with Crippen molar-refractivity contribution in [3.05, 3.63) is 30.1 Å². The normalized spacial score (nSPS) is 21.1. The molecular formula is C16H19N3O. The average Bonchev–Trinajstić information content (AvgIpc) is 3.19. The van der Waals surface area contributed by atoms with Gasteiger partial charge in [-0.3, -0.25) is 4.79 Å². The van der Waals surface area contributed by atoms with Gasteiger partial charge in [-0.1, -0.05) is 25.0 Å². The molecule has 20 heavy (non-hydrogen) atoms. The number of carbonyl (C=O) groups is 1. The molecule has 1 spiro atoms. The maximum atomic E-state index is 12.6. The SMILES string of the molecule is O=C(c1nc2ccccc2[nH]1)N1CCC2(CCCC2)C1. The number of carbonyl (C=O) groups excluding carboxylic acids is 1. The fraction of sp³-hybridized carbons (Fsp3) is 0.500. The largest absolute Gasteiger partial charge is 0.335 e. The van der Waals surface area contributed by atoms with Gasteiger partial charge in [0.2, 0.25) is 0 Å². The second-order valence-corrected chi connectivity index (χ2v) is 6.29. The second-order valence-electron chi connectivity index (χ2n) is 6.29. The fourth-order valence-corrected chi connectivity index (χ4v) is 3.85. The van der Waals surface area contributed by atoms with Gasteiger partial charge in [0.05, 0.1) is 11.0 Å². The molecule has 2 aliphatic rings. The van der Waals surface area contributed by atoms with E-state index in [1.165, 1.54) is 32.1 Å². The first-order valence-corrected chi connectivity index (χ1v) is 7.50. The first kappa shape index (κ1) is 11.9. The van der Waals surface area contributed by atoms with Gasteiger partial charge >= 0.3 is 0 Å². The van der Waals surface area contributed by atoms with Gasteiger partial charge < -0.3 is 9.88 Å². The smallest absolute Gasteiger partial charge is 0.289 e. The van der Waals surface area contributed by atoms with E-state index in [-0.39, 0.29) is 5.91 Å². The number of hydrogen-bond acceptors (Lipinski definition) is 2. The van der Waals surface area contributed by atoms with Crippen molar-refractivity contribution < 1.29 is 4.79 Å². The van der Waals surface area contributed by atoms with Crippen LogP contribution in [0.1, 0.15) is 42.7 Å². The van der Waals surface area contributed by atoms with Crippen LogP contribution in [0.5, 0.6) is 0 Å². The molecule has 4 nitrogen and oxygen atoms in total. The van der Waals surface area contributed by atoms with Crippen LogP contribution in [0.4, 0.5) is 0 Å². The van der Waals surface area contributed by atoms with Crippen molar-refractivity contribution in [3.63, 3.8) is 0 Å². The lowest BCUT2D eigenvalue weighted by molar-refractivity contribution is 0.0762. The Kier molecular flexibility index (Phi) is 2.59. The number of likely N-dealkylation sites (tertiary alicyclic amines) is 1. The van der Waals surface area contributed by atoms with Crippen LogP contribution >= 0.6 is 0 Å². The highest BCUT2D eigenvalue weighted by Gasteiger charge is 2.42. The molecule has 2 heterocycles. The lowest BCUT2D eigenvalue weighted by Gasteiger charge is -2.22. The van der Waals surface area contributed by atoms with Crippen LogP contribution in [-0.2, 0) is 0 Å². The topological polar surface area (TPSA) is 49.0 Å². The Balaban J connectivity index is 1.58. The summed E-state index contributed by atoms with van der Waals surface area (Å²) in [6.45, 7) is 1.80. The zero-order chi connectivity index (χ0) is 13.6. The number of rotatable bonds is 1. The number of H-pyrrole nitrogens is 1. The van der Waals surface area contributed by atoms with Crippen LogP contribution in [0.2, 0.25) is 0 Å². The van der Waals surface area contributed by atoms with Crippen LogP contribution in [0, 0.1) is 5.41 Å². The lowest BCUT2D eigenvalue weighted by Crippen LogP contribution is -2.31. The number of hydrogen-bond donors (Lipinski definition) is 1. The van der Waals surface area contributed by atoms with Crippen molar-refractivity contribution in [2.75, 3.05) is 13.1 Å². The van der Waals surface area contributed by atoms with Gasteiger partial charge in [0.25, 0.3) is 5.91 Å². The Bertz CT molecular complexity index is 622. The van der Waals surface area contributed by atoms with Gasteiger partial charge in [0.15, 0.2) is 5.82 Å². The molecule has 1 saturated heterocycles. The molecule has 1 aliphatic carbocycles. The summed E-state index contributed by atoms with van der Waals surface area (Å²) in [6.07, 6.45) is 6.39. The summed E-state index contributed by atoms with van der Waals surface area (Å²) in [6, 6.07) is 7.80. The molecule has 2 aromatic rings. The van der Waals surface area contributed by atoms with Crippen molar-refractivity contribution in [2.24, 2.45) is 5.41 Å². The van der Waals surface area contributed by atoms with Crippen molar-refractivity contribution in [1.29, 1.82) is 0 Å². The molecule has 1 N–H and O–H groups in total. The zero-order valence-corrected chi connectivity index (χ0v) is 11.6. The molecule has 1 aromatic carbocycles. The van der Waals surface area contributed by atoms with Crippen molar-refractivity contribution in [1.82, 2.24) is 14.9 Å². The van der Waals surface area contributed by atoms with Crippen LogP contribution in [0.15, 0.2) is 24.3 Å². The fourth-order valence-electron chi connectivity index (χ4n) is 3.85. The van der Waals surface area contributed by atoms with Gasteiger partial charge in [-0.15, -0.1) is 0 Å². The molecule has 0 bridgehead atoms. The summed E-state index contributed by atoms with van der Waals surface area (Å²) in [5, 5.41) is 0. The third-order valence-corrected chi connectivity index (χ3v) is 4.98. The summed E-state index contributed by atoms with van der Waals surface area (Å²) >= 11 is 0. The molecule has 0 unspecified atom stereocenters. The predicted octanol–water partition coefficient (Wildman–Crippen LogP) is 2.97. The van der Waals surface area contributed by atoms with Gasteiger partial charge in [0, 0.05) is 13.1 Å². The Morgan fingerprint density at radius 2 is 2.00 bits per heavy atom. The number of aromatic nitrogens is 2. The molecular weight excluding hydrogens is 250 g/mol. The summed E-state index contributed by atoms with van der Waals surface area (Å²) in [7, 11) is 0. The van der Waals surface area contributed by atoms with E-state index in [1.54, 1.807) is 0 Å². The molecule has 2 fully saturated rings. The van der Waals surface area contributed by atoms with E-state index in [0.29, 0.717) is 11.2 Å². The minimum absolute atomic E-state index is 0.0602. The molecule has 1 saturated carbocycles. The van der Waals surface area contributed by atoms with Crippen molar-refractivity contribution in [3.8, 4) is 0 Å². The Morgan fingerprint density at radius 3 is 2.80 bits per heavy atom.